The number of tetrazole rings is 1. The number of likely N-dealkylation sites (tertiary alicyclic amines) is 1. The molecule has 1 N–H and O–H groups in total. The van der Waals surface area contributed by atoms with E-state index in [0.29, 0.717) is 5.92 Å². The van der Waals surface area contributed by atoms with Gasteiger partial charge in [0, 0.05) is 30.1 Å². The molecule has 0 radical (unpaired) electrons. The highest BCUT2D eigenvalue weighted by Crippen LogP contribution is 2.52. The Kier molecular flexibility index (Phi) is 3.47. The Morgan fingerprint density at radius 2 is 1.79 bits per heavy atom. The van der Waals surface area contributed by atoms with Gasteiger partial charge in [-0.05, 0) is 72.6 Å². The third kappa shape index (κ3) is 2.76. The van der Waals surface area contributed by atoms with Crippen molar-refractivity contribution in [3.63, 3.8) is 0 Å². The molecule has 0 bridgehead atoms. The standard InChI is InChI=1S/C21H24N6O2/c28-18(16-5-3-15(4-6-16)14-1-2-14)23-17-9-20(10-17)11-26(12-20)19(29)21(7-8-21)27-13-22-24-25-27/h3-6,13-14,17H,1-2,7-12H2,(H,23,28). The maximum atomic E-state index is 12.9. The number of aromatic nitrogens is 4. The van der Waals surface area contributed by atoms with Gasteiger partial charge in [-0.1, -0.05) is 12.1 Å². The van der Waals surface area contributed by atoms with Crippen molar-refractivity contribution in [3.8, 4) is 0 Å². The second kappa shape index (κ2) is 5.87. The van der Waals surface area contributed by atoms with E-state index >= 15 is 0 Å². The van der Waals surface area contributed by atoms with Crippen molar-refractivity contribution < 1.29 is 9.59 Å². The van der Waals surface area contributed by atoms with Gasteiger partial charge in [0.2, 0.25) is 0 Å². The van der Waals surface area contributed by atoms with Crippen LogP contribution in [0.25, 0.3) is 0 Å². The SMILES string of the molecule is O=C(NC1CC2(C1)CN(C(=O)C1(n3cnnn3)CC1)C2)c1ccc(C2CC2)cc1. The average Bonchev–Trinajstić information content (AvgIpc) is 3.61. The molecule has 8 nitrogen and oxygen atoms in total. The van der Waals surface area contributed by atoms with Crippen LogP contribution in [0.3, 0.4) is 0 Å². The molecule has 1 aromatic carbocycles. The van der Waals surface area contributed by atoms with Crippen LogP contribution in [0.2, 0.25) is 0 Å². The molecule has 6 rings (SSSR count). The summed E-state index contributed by atoms with van der Waals surface area (Å²) in [6.45, 7) is 1.55. The first-order valence-corrected chi connectivity index (χ1v) is 10.5. The maximum absolute atomic E-state index is 12.9. The molecule has 1 aliphatic heterocycles. The van der Waals surface area contributed by atoms with Crippen molar-refractivity contribution in [2.45, 2.75) is 56.0 Å². The quantitative estimate of drug-likeness (QED) is 0.832. The van der Waals surface area contributed by atoms with Crippen LogP contribution in [0.4, 0.5) is 0 Å². The summed E-state index contributed by atoms with van der Waals surface area (Å²) < 4.78 is 1.61. The molecule has 4 aliphatic rings. The van der Waals surface area contributed by atoms with Crippen LogP contribution in [0.5, 0.6) is 0 Å². The Balaban J connectivity index is 1.01. The summed E-state index contributed by atoms with van der Waals surface area (Å²) in [4.78, 5) is 27.3. The number of amides is 2. The highest BCUT2D eigenvalue weighted by molar-refractivity contribution is 5.94. The predicted molar refractivity (Wildman–Crippen MR) is 103 cm³/mol. The third-order valence-corrected chi connectivity index (χ3v) is 7.16. The molecule has 2 heterocycles. The first kappa shape index (κ1) is 17.1. The van der Waals surface area contributed by atoms with E-state index in [2.05, 4.69) is 33.0 Å². The van der Waals surface area contributed by atoms with Crippen molar-refractivity contribution >= 4 is 11.8 Å². The first-order valence-electron chi connectivity index (χ1n) is 10.5. The van der Waals surface area contributed by atoms with E-state index in [0.717, 1.165) is 44.3 Å². The Morgan fingerprint density at radius 1 is 1.07 bits per heavy atom. The molecule has 2 amide bonds. The van der Waals surface area contributed by atoms with E-state index in [-0.39, 0.29) is 23.3 Å². The third-order valence-electron chi connectivity index (χ3n) is 7.16. The molecule has 4 fully saturated rings. The fourth-order valence-corrected chi connectivity index (χ4v) is 5.16. The molecule has 0 atom stereocenters. The number of rotatable bonds is 5. The fourth-order valence-electron chi connectivity index (χ4n) is 5.16. The molecule has 1 saturated heterocycles. The molecule has 1 aromatic heterocycles. The summed E-state index contributed by atoms with van der Waals surface area (Å²) in [7, 11) is 0. The van der Waals surface area contributed by atoms with Crippen LogP contribution in [0.15, 0.2) is 30.6 Å². The zero-order valence-electron chi connectivity index (χ0n) is 16.3. The molecular formula is C21H24N6O2. The van der Waals surface area contributed by atoms with Crippen LogP contribution < -0.4 is 5.32 Å². The van der Waals surface area contributed by atoms with Crippen LogP contribution in [-0.2, 0) is 10.3 Å². The number of carbonyl (C=O) groups excluding carboxylic acids is 2. The molecule has 3 aliphatic carbocycles. The van der Waals surface area contributed by atoms with Crippen LogP contribution in [0.1, 0.15) is 60.4 Å². The topological polar surface area (TPSA) is 93.0 Å². The number of nitrogens with zero attached hydrogens (tertiary/aromatic N) is 5. The number of benzene rings is 1. The van der Waals surface area contributed by atoms with Crippen molar-refractivity contribution in [2.75, 3.05) is 13.1 Å². The molecule has 150 valence electrons. The summed E-state index contributed by atoms with van der Waals surface area (Å²) in [5, 5.41) is 14.4. The van der Waals surface area contributed by atoms with Crippen LogP contribution >= 0.6 is 0 Å². The minimum atomic E-state index is -0.547. The number of hydrogen-bond donors (Lipinski definition) is 1. The average molecular weight is 392 g/mol. The Labute approximate surface area is 168 Å². The summed E-state index contributed by atoms with van der Waals surface area (Å²) in [6.07, 6.45) is 7.57. The summed E-state index contributed by atoms with van der Waals surface area (Å²) in [5.41, 5.74) is 1.71. The minimum absolute atomic E-state index is 0.00932. The Bertz CT molecular complexity index is 948. The van der Waals surface area contributed by atoms with Gasteiger partial charge in [0.25, 0.3) is 11.8 Å². The zero-order valence-corrected chi connectivity index (χ0v) is 16.3. The highest BCUT2D eigenvalue weighted by Gasteiger charge is 2.61. The lowest BCUT2D eigenvalue weighted by Gasteiger charge is -2.59. The van der Waals surface area contributed by atoms with Crippen molar-refractivity contribution in [1.82, 2.24) is 30.4 Å². The van der Waals surface area contributed by atoms with E-state index in [9.17, 15) is 9.59 Å². The maximum Gasteiger partial charge on any atom is 0.251 e. The number of hydrogen-bond acceptors (Lipinski definition) is 5. The number of nitrogens with one attached hydrogen (secondary N) is 1. The van der Waals surface area contributed by atoms with Gasteiger partial charge in [0.05, 0.1) is 0 Å². The van der Waals surface area contributed by atoms with Crippen molar-refractivity contribution in [1.29, 1.82) is 0 Å². The van der Waals surface area contributed by atoms with Gasteiger partial charge in [-0.3, -0.25) is 9.59 Å². The van der Waals surface area contributed by atoms with Gasteiger partial charge in [-0.25, -0.2) is 4.68 Å². The van der Waals surface area contributed by atoms with Crippen molar-refractivity contribution in [2.24, 2.45) is 5.41 Å². The molecule has 0 unspecified atom stereocenters. The minimum Gasteiger partial charge on any atom is -0.349 e. The second-order valence-corrected chi connectivity index (χ2v) is 9.42. The molecular weight excluding hydrogens is 368 g/mol. The lowest BCUT2D eigenvalue weighted by molar-refractivity contribution is -0.157. The Morgan fingerprint density at radius 3 is 2.38 bits per heavy atom. The van der Waals surface area contributed by atoms with E-state index < -0.39 is 5.54 Å². The molecule has 8 heteroatoms. The zero-order chi connectivity index (χ0) is 19.6. The van der Waals surface area contributed by atoms with Crippen LogP contribution in [-0.4, -0.2) is 56.1 Å². The van der Waals surface area contributed by atoms with Gasteiger partial charge in [0.1, 0.15) is 11.9 Å². The van der Waals surface area contributed by atoms with Gasteiger partial charge < -0.3 is 10.2 Å². The van der Waals surface area contributed by atoms with Gasteiger partial charge in [0.15, 0.2) is 0 Å². The number of carbonyl (C=O) groups is 2. The largest absolute Gasteiger partial charge is 0.349 e. The van der Waals surface area contributed by atoms with E-state index in [1.807, 2.05) is 17.0 Å². The normalized spacial score (nSPS) is 23.9. The van der Waals surface area contributed by atoms with Gasteiger partial charge in [-0.15, -0.1) is 5.10 Å². The van der Waals surface area contributed by atoms with Gasteiger partial charge in [-0.2, -0.15) is 0 Å². The summed E-state index contributed by atoms with van der Waals surface area (Å²) in [6, 6.07) is 8.26. The first-order chi connectivity index (χ1) is 14.1. The fraction of sp³-hybridized carbons (Fsp3) is 0.571. The monoisotopic (exact) mass is 392 g/mol. The predicted octanol–water partition coefficient (Wildman–Crippen LogP) is 1.46. The molecule has 29 heavy (non-hydrogen) atoms. The molecule has 1 spiro atoms. The molecule has 3 saturated carbocycles. The van der Waals surface area contributed by atoms with Crippen molar-refractivity contribution in [3.05, 3.63) is 41.7 Å². The van der Waals surface area contributed by atoms with Gasteiger partial charge >= 0.3 is 0 Å². The highest BCUT2D eigenvalue weighted by atomic mass is 16.2. The molecule has 2 aromatic rings. The smallest absolute Gasteiger partial charge is 0.251 e. The van der Waals surface area contributed by atoms with Crippen LogP contribution in [0, 0.1) is 5.41 Å². The lowest BCUT2D eigenvalue weighted by atomic mass is 9.60. The van der Waals surface area contributed by atoms with E-state index in [1.54, 1.807) is 4.68 Å². The second-order valence-electron chi connectivity index (χ2n) is 9.42. The Hall–Kier alpha value is -2.77. The van der Waals surface area contributed by atoms with E-state index in [1.165, 1.54) is 24.7 Å². The lowest BCUT2D eigenvalue weighted by Crippen LogP contribution is -2.68. The summed E-state index contributed by atoms with van der Waals surface area (Å²) >= 11 is 0. The summed E-state index contributed by atoms with van der Waals surface area (Å²) in [5.74, 6) is 0.854. The van der Waals surface area contributed by atoms with E-state index in [4.69, 9.17) is 0 Å².